The summed E-state index contributed by atoms with van der Waals surface area (Å²) in [7, 11) is 0. The number of thiophene rings is 5. The molecule has 3 N–H and O–H groups in total. The van der Waals surface area contributed by atoms with Gasteiger partial charge in [0, 0.05) is 49.8 Å². The summed E-state index contributed by atoms with van der Waals surface area (Å²) in [5, 5.41) is 28.8. The second-order valence-corrected chi connectivity index (χ2v) is 17.0. The average Bonchev–Trinajstić information content (AvgIpc) is 3.76. The zero-order valence-electron chi connectivity index (χ0n) is 25.0. The molecule has 5 aromatic rings. The molecule has 5 aromatic heterocycles. The van der Waals surface area contributed by atoms with Crippen molar-refractivity contribution in [1.82, 2.24) is 0 Å². The van der Waals surface area contributed by atoms with E-state index in [4.69, 9.17) is 0 Å². The highest BCUT2D eigenvalue weighted by atomic mass is 32.1. The third kappa shape index (κ3) is 6.61. The van der Waals surface area contributed by atoms with Crippen LogP contribution in [0.3, 0.4) is 0 Å². The monoisotopic (exact) mass is 698 g/mol. The molecular weight excluding hydrogens is 669 g/mol. The summed E-state index contributed by atoms with van der Waals surface area (Å²) in [6.07, 6.45) is -0.289. The minimum Gasteiger partial charge on any atom is -0.481 e. The van der Waals surface area contributed by atoms with Gasteiger partial charge in [0.1, 0.15) is 4.88 Å². The first-order valence-electron chi connectivity index (χ1n) is 13.8. The first-order valence-corrected chi connectivity index (χ1v) is 17.9. The Morgan fingerprint density at radius 3 is 1.80 bits per heavy atom. The van der Waals surface area contributed by atoms with Crippen LogP contribution >= 0.6 is 56.7 Å². The molecule has 0 aromatic carbocycles. The smallest absolute Gasteiger partial charge is 0.345 e. The zero-order valence-corrected chi connectivity index (χ0v) is 29.1. The fourth-order valence-electron chi connectivity index (χ4n) is 5.09. The fourth-order valence-corrected chi connectivity index (χ4v) is 11.0. The molecule has 5 rings (SSSR count). The summed E-state index contributed by atoms with van der Waals surface area (Å²) in [5.74, 6) is -2.86. The van der Waals surface area contributed by atoms with Crippen LogP contribution in [0.5, 0.6) is 0 Å². The van der Waals surface area contributed by atoms with Crippen LogP contribution in [0.15, 0.2) is 48.5 Å². The topological polar surface area (TPSA) is 129 Å². The maximum atomic E-state index is 11.9. The van der Waals surface area contributed by atoms with Gasteiger partial charge in [-0.1, -0.05) is 27.7 Å². The predicted molar refractivity (Wildman–Crippen MR) is 183 cm³/mol. The van der Waals surface area contributed by atoms with Crippen LogP contribution in [0.1, 0.15) is 84.6 Å². The van der Waals surface area contributed by atoms with Gasteiger partial charge < -0.3 is 15.3 Å². The Morgan fingerprint density at radius 1 is 0.600 bits per heavy atom. The lowest BCUT2D eigenvalue weighted by molar-refractivity contribution is -0.137. The first-order chi connectivity index (χ1) is 21.1. The lowest BCUT2D eigenvalue weighted by Gasteiger charge is -2.23. The highest BCUT2D eigenvalue weighted by molar-refractivity contribution is 7.24. The molecule has 45 heavy (non-hydrogen) atoms. The predicted octanol–water partition coefficient (Wildman–Crippen LogP) is 9.13. The molecule has 12 heteroatoms. The Bertz CT molecular complexity index is 1940. The van der Waals surface area contributed by atoms with Gasteiger partial charge in [0.05, 0.1) is 17.7 Å². The lowest BCUT2D eigenvalue weighted by atomic mass is 9.86. The summed E-state index contributed by atoms with van der Waals surface area (Å²) < 4.78 is 0. The van der Waals surface area contributed by atoms with Gasteiger partial charge in [-0.2, -0.15) is 0 Å². The third-order valence-electron chi connectivity index (χ3n) is 7.56. The minimum atomic E-state index is -1.00. The van der Waals surface area contributed by atoms with Crippen molar-refractivity contribution in [3.8, 4) is 19.5 Å². The molecule has 5 heterocycles. The number of aromatic carboxylic acids is 1. The van der Waals surface area contributed by atoms with Crippen LogP contribution in [-0.2, 0) is 33.3 Å². The third-order valence-corrected chi connectivity index (χ3v) is 14.9. The van der Waals surface area contributed by atoms with Gasteiger partial charge in [-0.25, -0.2) is 4.79 Å². The van der Waals surface area contributed by atoms with Crippen molar-refractivity contribution in [2.24, 2.45) is 0 Å². The number of carbonyl (C=O) groups excluding carboxylic acids is 1. The summed E-state index contributed by atoms with van der Waals surface area (Å²) in [5.41, 5.74) is 0.396. The summed E-state index contributed by atoms with van der Waals surface area (Å²) >= 11 is 7.20. The van der Waals surface area contributed by atoms with E-state index in [1.807, 2.05) is 50.2 Å². The molecule has 0 atom stereocenters. The molecule has 0 spiro atoms. The van der Waals surface area contributed by atoms with E-state index in [9.17, 15) is 34.5 Å². The Labute approximate surface area is 280 Å². The largest absolute Gasteiger partial charge is 0.481 e. The van der Waals surface area contributed by atoms with Crippen LogP contribution in [0.2, 0.25) is 0 Å². The second kappa shape index (κ2) is 12.4. The number of ketones is 1. The molecule has 0 aliphatic carbocycles. The van der Waals surface area contributed by atoms with E-state index in [1.165, 1.54) is 22.7 Å². The van der Waals surface area contributed by atoms with Crippen LogP contribution in [0, 0.1) is 0 Å². The molecule has 0 amide bonds. The van der Waals surface area contributed by atoms with Crippen LogP contribution in [-0.4, -0.2) is 39.0 Å². The van der Waals surface area contributed by atoms with E-state index in [2.05, 4.69) is 13.8 Å². The van der Waals surface area contributed by atoms with Gasteiger partial charge in [-0.15, -0.1) is 56.7 Å². The van der Waals surface area contributed by atoms with Crippen LogP contribution in [0.25, 0.3) is 19.5 Å². The SMILES string of the molecule is CC(=O)c1ccc(C(C)(C)c2cc(CC(=O)O)c(-c3ccc(C(C)(C)c4sc(-c5ccc(C(=O)O)s5)cc4CC(=O)O)s3)s2)s1. The molecule has 0 aliphatic rings. The molecule has 0 radical (unpaired) electrons. The molecular formula is C33H30O7S5. The van der Waals surface area contributed by atoms with E-state index in [0.29, 0.717) is 10.4 Å². The van der Waals surface area contributed by atoms with Crippen LogP contribution < -0.4 is 0 Å². The minimum absolute atomic E-state index is 0.0130. The molecule has 7 nitrogen and oxygen atoms in total. The maximum absolute atomic E-state index is 11.9. The lowest BCUT2D eigenvalue weighted by Crippen LogP contribution is -2.18. The van der Waals surface area contributed by atoms with Gasteiger partial charge in [-0.3, -0.25) is 14.4 Å². The number of hydrogen-bond acceptors (Lipinski definition) is 9. The van der Waals surface area contributed by atoms with Gasteiger partial charge in [-0.05, 0) is 66.6 Å². The van der Waals surface area contributed by atoms with Crippen molar-refractivity contribution in [3.63, 3.8) is 0 Å². The Hall–Kier alpha value is -3.42. The van der Waals surface area contributed by atoms with E-state index < -0.39 is 28.7 Å². The van der Waals surface area contributed by atoms with Crippen LogP contribution in [0.4, 0.5) is 0 Å². The average molecular weight is 699 g/mol. The number of carbonyl (C=O) groups is 4. The number of rotatable bonds is 12. The summed E-state index contributed by atoms with van der Waals surface area (Å²) in [6, 6.07) is 14.9. The number of Topliss-reactive ketones (excluding diaryl/α,β-unsaturated/α-hetero) is 1. The number of carboxylic acids is 3. The molecule has 234 valence electrons. The summed E-state index contributed by atoms with van der Waals surface area (Å²) in [4.78, 5) is 55.3. The molecule has 0 saturated heterocycles. The fraction of sp³-hybridized carbons (Fsp3) is 0.273. The van der Waals surface area contributed by atoms with Crippen molar-refractivity contribution in [3.05, 3.63) is 88.9 Å². The Balaban J connectivity index is 1.55. The molecule has 0 unspecified atom stereocenters. The number of hydrogen-bond donors (Lipinski definition) is 3. The highest BCUT2D eigenvalue weighted by Gasteiger charge is 2.33. The van der Waals surface area contributed by atoms with E-state index >= 15 is 0 Å². The van der Waals surface area contributed by atoms with Gasteiger partial charge >= 0.3 is 17.9 Å². The van der Waals surface area contributed by atoms with Crippen molar-refractivity contribution >= 4 is 80.4 Å². The Kier molecular flexibility index (Phi) is 9.09. The first kappa shape index (κ1) is 33.0. The number of carboxylic acid groups (broad SMARTS) is 3. The maximum Gasteiger partial charge on any atom is 0.345 e. The van der Waals surface area contributed by atoms with E-state index in [1.54, 1.807) is 41.7 Å². The molecule has 0 aliphatic heterocycles. The van der Waals surface area contributed by atoms with Gasteiger partial charge in [0.2, 0.25) is 0 Å². The number of aliphatic carboxylic acids is 2. The molecule has 0 saturated carbocycles. The summed E-state index contributed by atoms with van der Waals surface area (Å²) in [6.45, 7) is 9.80. The van der Waals surface area contributed by atoms with E-state index in [-0.39, 0.29) is 23.5 Å². The van der Waals surface area contributed by atoms with Crippen molar-refractivity contribution < 1.29 is 34.5 Å². The van der Waals surface area contributed by atoms with E-state index in [0.717, 1.165) is 55.9 Å². The quantitative estimate of drug-likeness (QED) is 0.111. The normalized spacial score (nSPS) is 12.0. The van der Waals surface area contributed by atoms with Crippen molar-refractivity contribution in [2.75, 3.05) is 0 Å². The van der Waals surface area contributed by atoms with Gasteiger partial charge in [0.25, 0.3) is 0 Å². The second-order valence-electron chi connectivity index (χ2n) is 11.7. The Morgan fingerprint density at radius 2 is 1.20 bits per heavy atom. The highest BCUT2D eigenvalue weighted by Crippen LogP contribution is 2.49. The standard InChI is InChI=1S/C33H30O7S5/c1-16(34)19-8-10-24(42-19)32(2,3)26-13-17(14-27(35)36)29(45-26)21-9-11-25(43-21)33(4,5)30-18(15-28(37)38)12-23(44-30)20-6-7-22(41-20)31(39)40/h6-13H,14-15H2,1-5H3,(H,35,36)(H,37,38)(H,39,40). The molecule has 0 bridgehead atoms. The van der Waals surface area contributed by atoms with Crippen molar-refractivity contribution in [2.45, 2.75) is 58.3 Å². The zero-order chi connectivity index (χ0) is 32.8. The molecule has 0 fully saturated rings. The van der Waals surface area contributed by atoms with Crippen molar-refractivity contribution in [1.29, 1.82) is 0 Å². The van der Waals surface area contributed by atoms with Gasteiger partial charge in [0.15, 0.2) is 5.78 Å².